The number of aliphatic imine (C=N–C) groups is 1. The Balaban J connectivity index is 1.65. The standard InChI is InChI=1S/C20H34N4O/c1-3-25-19-11-8-10-18(16-19)17-23-20(21-2)22-12-9-15-24-13-6-4-5-7-14-24/h8,10-11,16H,3-7,9,12-15,17H2,1-2H3,(H2,21,22,23). The lowest BCUT2D eigenvalue weighted by atomic mass is 10.2. The van der Waals surface area contributed by atoms with Gasteiger partial charge in [-0.25, -0.2) is 0 Å². The van der Waals surface area contributed by atoms with Gasteiger partial charge in [-0.2, -0.15) is 0 Å². The number of hydrogen-bond acceptors (Lipinski definition) is 3. The van der Waals surface area contributed by atoms with E-state index in [0.717, 1.165) is 31.2 Å². The van der Waals surface area contributed by atoms with Gasteiger partial charge < -0.3 is 20.3 Å². The predicted molar refractivity (Wildman–Crippen MR) is 105 cm³/mol. The zero-order chi connectivity index (χ0) is 17.7. The molecular formula is C20H34N4O. The Morgan fingerprint density at radius 2 is 1.96 bits per heavy atom. The zero-order valence-electron chi connectivity index (χ0n) is 15.9. The summed E-state index contributed by atoms with van der Waals surface area (Å²) < 4.78 is 5.55. The largest absolute Gasteiger partial charge is 0.494 e. The Morgan fingerprint density at radius 1 is 1.16 bits per heavy atom. The van der Waals surface area contributed by atoms with Gasteiger partial charge in [0.25, 0.3) is 0 Å². The summed E-state index contributed by atoms with van der Waals surface area (Å²) >= 11 is 0. The summed E-state index contributed by atoms with van der Waals surface area (Å²) in [6.45, 7) is 8.11. The topological polar surface area (TPSA) is 48.9 Å². The van der Waals surface area contributed by atoms with Crippen LogP contribution in [0, 0.1) is 0 Å². The molecule has 140 valence electrons. The van der Waals surface area contributed by atoms with Gasteiger partial charge in [0.2, 0.25) is 0 Å². The molecule has 2 rings (SSSR count). The van der Waals surface area contributed by atoms with E-state index in [1.54, 1.807) is 0 Å². The van der Waals surface area contributed by atoms with Gasteiger partial charge in [0.1, 0.15) is 5.75 Å². The van der Waals surface area contributed by atoms with Crippen LogP contribution in [0.15, 0.2) is 29.3 Å². The Hall–Kier alpha value is -1.75. The SMILES string of the molecule is CCOc1cccc(CNC(=NC)NCCCN2CCCCCC2)c1. The van der Waals surface area contributed by atoms with Crippen LogP contribution >= 0.6 is 0 Å². The molecular weight excluding hydrogens is 312 g/mol. The van der Waals surface area contributed by atoms with Gasteiger partial charge in [-0.05, 0) is 63.5 Å². The number of nitrogens with one attached hydrogen (secondary N) is 2. The predicted octanol–water partition coefficient (Wildman–Crippen LogP) is 3.02. The van der Waals surface area contributed by atoms with E-state index in [-0.39, 0.29) is 0 Å². The van der Waals surface area contributed by atoms with Crippen molar-refractivity contribution in [3.63, 3.8) is 0 Å². The van der Waals surface area contributed by atoms with Crippen LogP contribution in [-0.4, -0.2) is 50.7 Å². The summed E-state index contributed by atoms with van der Waals surface area (Å²) in [5, 5.41) is 6.79. The van der Waals surface area contributed by atoms with Crippen LogP contribution in [0.2, 0.25) is 0 Å². The molecule has 0 atom stereocenters. The summed E-state index contributed by atoms with van der Waals surface area (Å²) in [6, 6.07) is 8.19. The second kappa shape index (κ2) is 11.7. The van der Waals surface area contributed by atoms with Crippen molar-refractivity contribution < 1.29 is 4.74 Å². The third-order valence-corrected chi connectivity index (χ3v) is 4.54. The quantitative estimate of drug-likeness (QED) is 0.432. The number of likely N-dealkylation sites (tertiary alicyclic amines) is 1. The molecule has 0 aromatic heterocycles. The highest BCUT2D eigenvalue weighted by atomic mass is 16.5. The average Bonchev–Trinajstić information content (AvgIpc) is 2.90. The third-order valence-electron chi connectivity index (χ3n) is 4.54. The van der Waals surface area contributed by atoms with Gasteiger partial charge in [-0.1, -0.05) is 25.0 Å². The van der Waals surface area contributed by atoms with E-state index in [2.05, 4.69) is 32.7 Å². The molecule has 0 spiro atoms. The summed E-state index contributed by atoms with van der Waals surface area (Å²) in [7, 11) is 1.82. The fraction of sp³-hybridized carbons (Fsp3) is 0.650. The maximum absolute atomic E-state index is 5.55. The molecule has 25 heavy (non-hydrogen) atoms. The maximum atomic E-state index is 5.55. The zero-order valence-corrected chi connectivity index (χ0v) is 15.9. The van der Waals surface area contributed by atoms with E-state index in [9.17, 15) is 0 Å². The van der Waals surface area contributed by atoms with E-state index in [0.29, 0.717) is 6.61 Å². The van der Waals surface area contributed by atoms with Crippen LogP contribution in [0.5, 0.6) is 5.75 Å². The van der Waals surface area contributed by atoms with Crippen LogP contribution in [0.4, 0.5) is 0 Å². The lowest BCUT2D eigenvalue weighted by Crippen LogP contribution is -2.38. The van der Waals surface area contributed by atoms with Crippen LogP contribution < -0.4 is 15.4 Å². The maximum Gasteiger partial charge on any atom is 0.191 e. The Bertz CT molecular complexity index is 510. The van der Waals surface area contributed by atoms with Crippen molar-refractivity contribution in [2.75, 3.05) is 39.8 Å². The fourth-order valence-electron chi connectivity index (χ4n) is 3.19. The van der Waals surface area contributed by atoms with Crippen LogP contribution in [-0.2, 0) is 6.54 Å². The molecule has 1 heterocycles. The highest BCUT2D eigenvalue weighted by Gasteiger charge is 2.08. The number of benzene rings is 1. The van der Waals surface area contributed by atoms with E-state index in [1.807, 2.05) is 26.1 Å². The molecule has 0 saturated carbocycles. The average molecular weight is 347 g/mol. The van der Waals surface area contributed by atoms with E-state index in [1.165, 1.54) is 50.9 Å². The van der Waals surface area contributed by atoms with Gasteiger partial charge in [0, 0.05) is 20.1 Å². The Labute approximate surface area is 152 Å². The minimum atomic E-state index is 0.692. The first kappa shape index (κ1) is 19.6. The van der Waals surface area contributed by atoms with Gasteiger partial charge in [0.05, 0.1) is 6.61 Å². The van der Waals surface area contributed by atoms with Crippen molar-refractivity contribution in [1.29, 1.82) is 0 Å². The molecule has 2 N–H and O–H groups in total. The van der Waals surface area contributed by atoms with E-state index in [4.69, 9.17) is 4.74 Å². The molecule has 5 heteroatoms. The van der Waals surface area contributed by atoms with Gasteiger partial charge in [-0.3, -0.25) is 4.99 Å². The number of rotatable bonds is 8. The van der Waals surface area contributed by atoms with Crippen LogP contribution in [0.1, 0.15) is 44.6 Å². The van der Waals surface area contributed by atoms with E-state index >= 15 is 0 Å². The fourth-order valence-corrected chi connectivity index (χ4v) is 3.19. The summed E-state index contributed by atoms with van der Waals surface area (Å²) in [4.78, 5) is 6.91. The normalized spacial score (nSPS) is 16.3. The van der Waals surface area contributed by atoms with Gasteiger partial charge >= 0.3 is 0 Å². The molecule has 1 aromatic rings. The Morgan fingerprint density at radius 3 is 2.68 bits per heavy atom. The summed E-state index contributed by atoms with van der Waals surface area (Å²) in [5.74, 6) is 1.78. The van der Waals surface area contributed by atoms with Crippen LogP contribution in [0.25, 0.3) is 0 Å². The summed E-state index contributed by atoms with van der Waals surface area (Å²) in [5.41, 5.74) is 1.19. The molecule has 0 amide bonds. The molecule has 0 aliphatic carbocycles. The van der Waals surface area contributed by atoms with E-state index < -0.39 is 0 Å². The number of guanidine groups is 1. The molecule has 5 nitrogen and oxygen atoms in total. The minimum absolute atomic E-state index is 0.692. The lowest BCUT2D eigenvalue weighted by molar-refractivity contribution is 0.282. The van der Waals surface area contributed by atoms with Crippen LogP contribution in [0.3, 0.4) is 0 Å². The monoisotopic (exact) mass is 346 g/mol. The second-order valence-corrected chi connectivity index (χ2v) is 6.54. The van der Waals surface area contributed by atoms with Crippen molar-refractivity contribution in [2.45, 2.75) is 45.6 Å². The lowest BCUT2D eigenvalue weighted by Gasteiger charge is -2.20. The van der Waals surface area contributed by atoms with Crippen molar-refractivity contribution in [3.8, 4) is 5.75 Å². The highest BCUT2D eigenvalue weighted by Crippen LogP contribution is 2.13. The molecule has 1 aromatic carbocycles. The molecule has 1 aliphatic heterocycles. The van der Waals surface area contributed by atoms with Crippen molar-refractivity contribution >= 4 is 5.96 Å². The second-order valence-electron chi connectivity index (χ2n) is 6.54. The molecule has 1 saturated heterocycles. The first-order chi connectivity index (χ1) is 12.3. The van der Waals surface area contributed by atoms with Crippen molar-refractivity contribution in [3.05, 3.63) is 29.8 Å². The van der Waals surface area contributed by atoms with Gasteiger partial charge in [0.15, 0.2) is 5.96 Å². The molecule has 0 bridgehead atoms. The Kier molecular flexibility index (Phi) is 9.19. The summed E-state index contributed by atoms with van der Waals surface area (Å²) in [6.07, 6.45) is 6.67. The molecule has 1 fully saturated rings. The van der Waals surface area contributed by atoms with Gasteiger partial charge in [-0.15, -0.1) is 0 Å². The minimum Gasteiger partial charge on any atom is -0.494 e. The van der Waals surface area contributed by atoms with Crippen molar-refractivity contribution in [1.82, 2.24) is 15.5 Å². The molecule has 0 unspecified atom stereocenters. The number of nitrogens with zero attached hydrogens (tertiary/aromatic N) is 2. The third kappa shape index (κ3) is 7.78. The first-order valence-corrected chi connectivity index (χ1v) is 9.70. The first-order valence-electron chi connectivity index (χ1n) is 9.70. The number of ether oxygens (including phenoxy) is 1. The molecule has 1 aliphatic rings. The highest BCUT2D eigenvalue weighted by molar-refractivity contribution is 5.79. The molecule has 0 radical (unpaired) electrons. The van der Waals surface area contributed by atoms with Crippen molar-refractivity contribution in [2.24, 2.45) is 4.99 Å². The smallest absolute Gasteiger partial charge is 0.191 e. The number of hydrogen-bond donors (Lipinski definition) is 2.